The zero-order valence-corrected chi connectivity index (χ0v) is 13.9. The summed E-state index contributed by atoms with van der Waals surface area (Å²) in [6, 6.07) is 11.8. The highest BCUT2D eigenvalue weighted by atomic mass is 35.5. The van der Waals surface area contributed by atoms with E-state index in [1.165, 1.54) is 18.3 Å². The lowest BCUT2D eigenvalue weighted by atomic mass is 10.2. The molecule has 0 aliphatic heterocycles. The number of nitro groups is 1. The number of amides is 1. The molecule has 0 bridgehead atoms. The van der Waals surface area contributed by atoms with E-state index in [2.05, 4.69) is 10.5 Å². The monoisotopic (exact) mass is 356 g/mol. The van der Waals surface area contributed by atoms with E-state index in [1.807, 2.05) is 35.9 Å². The molecule has 1 aromatic heterocycles. The van der Waals surface area contributed by atoms with Crippen LogP contribution in [-0.4, -0.2) is 21.6 Å². The molecule has 3 aromatic rings. The van der Waals surface area contributed by atoms with Gasteiger partial charge in [-0.05, 0) is 12.1 Å². The predicted octanol–water partition coefficient (Wildman–Crippen LogP) is 3.50. The first kappa shape index (κ1) is 16.7. The Balaban J connectivity index is 1.79. The van der Waals surface area contributed by atoms with Crippen molar-refractivity contribution in [3.05, 3.63) is 74.9 Å². The minimum Gasteiger partial charge on any atom is -0.350 e. The van der Waals surface area contributed by atoms with Crippen LogP contribution in [0.5, 0.6) is 0 Å². The highest BCUT2D eigenvalue weighted by molar-refractivity contribution is 6.32. The van der Waals surface area contributed by atoms with Gasteiger partial charge in [0.1, 0.15) is 5.02 Å². The molecule has 0 aliphatic carbocycles. The molecule has 7 nitrogen and oxygen atoms in total. The summed E-state index contributed by atoms with van der Waals surface area (Å²) in [6.07, 6.45) is 3.05. The molecule has 8 heteroatoms. The third-order valence-corrected chi connectivity index (χ3v) is 4.01. The van der Waals surface area contributed by atoms with Crippen molar-refractivity contribution in [2.75, 3.05) is 0 Å². The zero-order valence-electron chi connectivity index (χ0n) is 13.1. The van der Waals surface area contributed by atoms with E-state index in [-0.39, 0.29) is 16.6 Å². The van der Waals surface area contributed by atoms with Gasteiger partial charge in [0.05, 0.1) is 16.7 Å². The first-order valence-corrected chi connectivity index (χ1v) is 7.66. The fourth-order valence-electron chi connectivity index (χ4n) is 2.50. The molecule has 0 unspecified atom stereocenters. The minimum atomic E-state index is -0.575. The van der Waals surface area contributed by atoms with Gasteiger partial charge in [-0.3, -0.25) is 14.9 Å². The standard InChI is InChI=1S/C17H13ClN4O3/c1-21-10-13(12-4-2-3-5-15(12)21)17(23)20-19-9-11-6-7-14(18)16(8-11)22(24)25/h2-10H,1H3,(H,20,23)/b19-9+. The molecule has 1 N–H and O–H groups in total. The van der Waals surface area contributed by atoms with E-state index < -0.39 is 4.92 Å². The SMILES string of the molecule is Cn1cc(C(=O)N/N=C/c2ccc(Cl)c([N+](=O)[O-])c2)c2ccccc21. The lowest BCUT2D eigenvalue weighted by Crippen LogP contribution is -2.17. The van der Waals surface area contributed by atoms with Crippen LogP contribution in [0.15, 0.2) is 53.8 Å². The summed E-state index contributed by atoms with van der Waals surface area (Å²) in [5.41, 5.74) is 4.10. The Morgan fingerprint density at radius 1 is 1.32 bits per heavy atom. The number of rotatable bonds is 4. The van der Waals surface area contributed by atoms with Crippen molar-refractivity contribution in [3.8, 4) is 0 Å². The molecule has 0 saturated carbocycles. The second-order valence-corrected chi connectivity index (χ2v) is 5.75. The van der Waals surface area contributed by atoms with Crippen molar-refractivity contribution < 1.29 is 9.72 Å². The van der Waals surface area contributed by atoms with Crippen molar-refractivity contribution >= 4 is 40.3 Å². The molecular weight excluding hydrogens is 344 g/mol. The Hall–Kier alpha value is -3.19. The van der Waals surface area contributed by atoms with Crippen molar-refractivity contribution in [3.63, 3.8) is 0 Å². The van der Waals surface area contributed by atoms with E-state index >= 15 is 0 Å². The summed E-state index contributed by atoms with van der Waals surface area (Å²) in [6.45, 7) is 0. The number of carbonyl (C=O) groups is 1. The van der Waals surface area contributed by atoms with Crippen LogP contribution in [0, 0.1) is 10.1 Å². The van der Waals surface area contributed by atoms with Crippen LogP contribution >= 0.6 is 11.6 Å². The van der Waals surface area contributed by atoms with Gasteiger partial charge >= 0.3 is 0 Å². The van der Waals surface area contributed by atoms with E-state index in [1.54, 1.807) is 12.3 Å². The maximum absolute atomic E-state index is 12.3. The maximum Gasteiger partial charge on any atom is 0.288 e. The van der Waals surface area contributed by atoms with E-state index in [4.69, 9.17) is 11.6 Å². The molecule has 2 aromatic carbocycles. The van der Waals surface area contributed by atoms with Crippen molar-refractivity contribution in [1.29, 1.82) is 0 Å². The van der Waals surface area contributed by atoms with E-state index in [0.717, 1.165) is 10.9 Å². The lowest BCUT2D eigenvalue weighted by molar-refractivity contribution is -0.384. The van der Waals surface area contributed by atoms with Crippen LogP contribution in [-0.2, 0) is 7.05 Å². The number of halogens is 1. The number of nitro benzene ring substituents is 1. The largest absolute Gasteiger partial charge is 0.350 e. The second kappa shape index (κ2) is 6.74. The number of aromatic nitrogens is 1. The molecule has 0 spiro atoms. The zero-order chi connectivity index (χ0) is 18.0. The van der Waals surface area contributed by atoms with Crippen molar-refractivity contribution in [2.45, 2.75) is 0 Å². The Labute approximate surface area is 147 Å². The number of fused-ring (bicyclic) bond motifs is 1. The second-order valence-electron chi connectivity index (χ2n) is 5.34. The number of nitrogens with zero attached hydrogens (tertiary/aromatic N) is 3. The molecule has 1 heterocycles. The van der Waals surface area contributed by atoms with Gasteiger partial charge in [0.15, 0.2) is 0 Å². The normalized spacial score (nSPS) is 11.1. The smallest absolute Gasteiger partial charge is 0.288 e. The van der Waals surface area contributed by atoms with Gasteiger partial charge < -0.3 is 4.57 Å². The molecule has 0 fully saturated rings. The molecule has 0 radical (unpaired) electrons. The van der Waals surface area contributed by atoms with Gasteiger partial charge in [-0.1, -0.05) is 35.9 Å². The summed E-state index contributed by atoms with van der Waals surface area (Å²) in [7, 11) is 1.86. The Morgan fingerprint density at radius 3 is 2.84 bits per heavy atom. The summed E-state index contributed by atoms with van der Waals surface area (Å²) in [4.78, 5) is 22.6. The average Bonchev–Trinajstić information content (AvgIpc) is 2.93. The topological polar surface area (TPSA) is 89.5 Å². The maximum atomic E-state index is 12.3. The highest BCUT2D eigenvalue weighted by Crippen LogP contribution is 2.24. The number of aryl methyl sites for hydroxylation is 1. The van der Waals surface area contributed by atoms with Crippen molar-refractivity contribution in [2.24, 2.45) is 12.1 Å². The summed E-state index contributed by atoms with van der Waals surface area (Å²) in [5.74, 6) is -0.364. The number of carbonyl (C=O) groups excluding carboxylic acids is 1. The molecule has 0 aliphatic rings. The molecule has 25 heavy (non-hydrogen) atoms. The first-order chi connectivity index (χ1) is 12.0. The Kier molecular flexibility index (Phi) is 4.49. The lowest BCUT2D eigenvalue weighted by Gasteiger charge is -1.99. The van der Waals surface area contributed by atoms with Crippen LogP contribution in [0.2, 0.25) is 5.02 Å². The summed E-state index contributed by atoms with van der Waals surface area (Å²) < 4.78 is 1.86. The minimum absolute atomic E-state index is 0.0435. The van der Waals surface area contributed by atoms with Crippen LogP contribution < -0.4 is 5.43 Å². The third-order valence-electron chi connectivity index (χ3n) is 3.69. The number of hydrogen-bond acceptors (Lipinski definition) is 4. The fraction of sp³-hybridized carbons (Fsp3) is 0.0588. The quantitative estimate of drug-likeness (QED) is 0.440. The van der Waals surface area contributed by atoms with Gasteiger partial charge in [-0.25, -0.2) is 5.43 Å². The van der Waals surface area contributed by atoms with Crippen molar-refractivity contribution in [1.82, 2.24) is 9.99 Å². The molecule has 126 valence electrons. The fourth-order valence-corrected chi connectivity index (χ4v) is 2.68. The Morgan fingerprint density at radius 2 is 2.08 bits per heavy atom. The number of benzene rings is 2. The molecule has 0 atom stereocenters. The molecule has 3 rings (SSSR count). The van der Waals surface area contributed by atoms with Gasteiger partial charge in [0, 0.05) is 35.8 Å². The summed E-state index contributed by atoms with van der Waals surface area (Å²) in [5, 5.41) is 15.6. The molecule has 1 amide bonds. The first-order valence-electron chi connectivity index (χ1n) is 7.29. The van der Waals surface area contributed by atoms with E-state index in [0.29, 0.717) is 11.1 Å². The van der Waals surface area contributed by atoms with E-state index in [9.17, 15) is 14.9 Å². The van der Waals surface area contributed by atoms with Gasteiger partial charge in [0.2, 0.25) is 0 Å². The Bertz CT molecular complexity index is 1010. The van der Waals surface area contributed by atoms with Crippen LogP contribution in [0.4, 0.5) is 5.69 Å². The third kappa shape index (κ3) is 3.36. The van der Waals surface area contributed by atoms with Crippen LogP contribution in [0.1, 0.15) is 15.9 Å². The molecule has 0 saturated heterocycles. The van der Waals surface area contributed by atoms with Gasteiger partial charge in [0.25, 0.3) is 11.6 Å². The number of hydrogen-bond donors (Lipinski definition) is 1. The predicted molar refractivity (Wildman–Crippen MR) is 96.1 cm³/mol. The number of para-hydroxylation sites is 1. The van der Waals surface area contributed by atoms with Crippen LogP contribution in [0.25, 0.3) is 10.9 Å². The van der Waals surface area contributed by atoms with Gasteiger partial charge in [-0.15, -0.1) is 0 Å². The number of hydrazone groups is 1. The molecular formula is C17H13ClN4O3. The van der Waals surface area contributed by atoms with Crippen LogP contribution in [0.3, 0.4) is 0 Å². The number of nitrogens with one attached hydrogen (secondary N) is 1. The summed E-state index contributed by atoms with van der Waals surface area (Å²) >= 11 is 5.76. The highest BCUT2D eigenvalue weighted by Gasteiger charge is 2.13. The van der Waals surface area contributed by atoms with Gasteiger partial charge in [-0.2, -0.15) is 5.10 Å². The average molecular weight is 357 g/mol.